The number of aryl methyl sites for hydroxylation is 1. The molecule has 1 heterocycles. The van der Waals surface area contributed by atoms with Crippen molar-refractivity contribution < 1.29 is 13.9 Å². The topological polar surface area (TPSA) is 63.8 Å². The van der Waals surface area contributed by atoms with Gasteiger partial charge in [-0.1, -0.05) is 31.9 Å². The van der Waals surface area contributed by atoms with Gasteiger partial charge >= 0.3 is 0 Å². The van der Waals surface area contributed by atoms with Crippen molar-refractivity contribution in [3.8, 4) is 5.75 Å². The van der Waals surface area contributed by atoms with Gasteiger partial charge in [-0.15, -0.1) is 0 Å². The lowest BCUT2D eigenvalue weighted by Gasteiger charge is -2.06. The molecule has 0 aliphatic rings. The molecule has 0 aliphatic carbocycles. The van der Waals surface area contributed by atoms with E-state index in [-0.39, 0.29) is 5.91 Å². The van der Waals surface area contributed by atoms with Gasteiger partial charge in [0.1, 0.15) is 11.5 Å². The highest BCUT2D eigenvalue weighted by Crippen LogP contribution is 2.13. The van der Waals surface area contributed by atoms with Crippen molar-refractivity contribution in [2.45, 2.75) is 33.1 Å². The molecule has 1 aromatic heterocycles. The minimum Gasteiger partial charge on any atom is -0.494 e. The highest BCUT2D eigenvalue weighted by molar-refractivity contribution is 5.95. The number of hydrogen-bond donors (Lipinski definition) is 1. The molecule has 0 aliphatic heterocycles. The molecule has 2 rings (SSSR count). The van der Waals surface area contributed by atoms with E-state index in [1.165, 1.54) is 19.1 Å². The lowest BCUT2D eigenvalue weighted by molar-refractivity contribution is 0.0953. The van der Waals surface area contributed by atoms with Crippen LogP contribution in [-0.4, -0.2) is 18.7 Å². The zero-order valence-electron chi connectivity index (χ0n) is 13.5. The maximum atomic E-state index is 11.9. The fourth-order valence-corrected chi connectivity index (χ4v) is 2.07. The van der Waals surface area contributed by atoms with Gasteiger partial charge in [-0.25, -0.2) is 5.43 Å². The number of unbranched alkanes of at least 4 members (excludes halogenated alkanes) is 2. The van der Waals surface area contributed by atoms with Crippen molar-refractivity contribution in [3.05, 3.63) is 53.5 Å². The molecule has 0 fully saturated rings. The first-order valence-corrected chi connectivity index (χ1v) is 7.81. The molecule has 5 nitrogen and oxygen atoms in total. The molecule has 2 aromatic rings. The van der Waals surface area contributed by atoms with Gasteiger partial charge in [-0.3, -0.25) is 4.79 Å². The van der Waals surface area contributed by atoms with Crippen molar-refractivity contribution in [2.24, 2.45) is 5.10 Å². The van der Waals surface area contributed by atoms with Crippen LogP contribution in [0.5, 0.6) is 5.75 Å². The van der Waals surface area contributed by atoms with Gasteiger partial charge in [0.05, 0.1) is 24.6 Å². The Morgan fingerprint density at radius 3 is 2.96 bits per heavy atom. The van der Waals surface area contributed by atoms with Crippen molar-refractivity contribution in [2.75, 3.05) is 6.61 Å². The number of benzene rings is 1. The number of hydrogen-bond acceptors (Lipinski definition) is 4. The molecule has 1 amide bonds. The van der Waals surface area contributed by atoms with Crippen LogP contribution < -0.4 is 10.2 Å². The van der Waals surface area contributed by atoms with Crippen LogP contribution in [0.2, 0.25) is 0 Å². The normalized spacial score (nSPS) is 10.9. The molecule has 23 heavy (non-hydrogen) atoms. The highest BCUT2D eigenvalue weighted by atomic mass is 16.5. The monoisotopic (exact) mass is 314 g/mol. The zero-order valence-corrected chi connectivity index (χ0v) is 13.5. The standard InChI is InChI=1S/C18H22N2O3/c1-3-4-5-10-23-16-8-6-7-15(12-16)13-19-20-18(21)17-9-11-22-14(17)2/h6-9,11-13H,3-5,10H2,1-2H3,(H,20,21)/b19-13+. The maximum Gasteiger partial charge on any atom is 0.274 e. The average Bonchev–Trinajstić information content (AvgIpc) is 2.98. The minimum atomic E-state index is -0.292. The summed E-state index contributed by atoms with van der Waals surface area (Å²) in [4.78, 5) is 11.9. The molecular weight excluding hydrogens is 292 g/mol. The maximum absolute atomic E-state index is 11.9. The Labute approximate surface area is 136 Å². The van der Waals surface area contributed by atoms with E-state index in [0.717, 1.165) is 17.7 Å². The highest BCUT2D eigenvalue weighted by Gasteiger charge is 2.09. The minimum absolute atomic E-state index is 0.292. The second-order valence-electron chi connectivity index (χ2n) is 5.22. The first kappa shape index (κ1) is 16.8. The molecule has 122 valence electrons. The molecule has 0 unspecified atom stereocenters. The van der Waals surface area contributed by atoms with E-state index in [9.17, 15) is 4.79 Å². The fraction of sp³-hybridized carbons (Fsp3) is 0.333. The summed E-state index contributed by atoms with van der Waals surface area (Å²) in [6.45, 7) is 4.61. The van der Waals surface area contributed by atoms with E-state index in [1.807, 2.05) is 24.3 Å². The Balaban J connectivity index is 1.87. The van der Waals surface area contributed by atoms with Gasteiger partial charge in [0.25, 0.3) is 5.91 Å². The summed E-state index contributed by atoms with van der Waals surface area (Å²) in [7, 11) is 0. The van der Waals surface area contributed by atoms with Crippen LogP contribution in [0.3, 0.4) is 0 Å². The van der Waals surface area contributed by atoms with Crippen LogP contribution in [0, 0.1) is 6.92 Å². The predicted molar refractivity (Wildman–Crippen MR) is 90.0 cm³/mol. The summed E-state index contributed by atoms with van der Waals surface area (Å²) in [5.74, 6) is 1.08. The summed E-state index contributed by atoms with van der Waals surface area (Å²) in [5.41, 5.74) is 3.83. The number of nitrogens with zero attached hydrogens (tertiary/aromatic N) is 1. The van der Waals surface area contributed by atoms with Crippen molar-refractivity contribution in [1.82, 2.24) is 5.43 Å². The molecule has 0 spiro atoms. The van der Waals surface area contributed by atoms with Crippen LogP contribution in [0.15, 0.2) is 46.1 Å². The van der Waals surface area contributed by atoms with E-state index < -0.39 is 0 Å². The smallest absolute Gasteiger partial charge is 0.274 e. The molecule has 5 heteroatoms. The number of rotatable bonds is 8. The number of amides is 1. The summed E-state index contributed by atoms with van der Waals surface area (Å²) in [5, 5.41) is 3.97. The third kappa shape index (κ3) is 5.29. The molecule has 1 N–H and O–H groups in total. The number of ether oxygens (including phenoxy) is 1. The van der Waals surface area contributed by atoms with Crippen LogP contribution >= 0.6 is 0 Å². The van der Waals surface area contributed by atoms with Crippen molar-refractivity contribution in [1.29, 1.82) is 0 Å². The third-order valence-electron chi connectivity index (χ3n) is 3.36. The predicted octanol–water partition coefficient (Wildman–Crippen LogP) is 3.92. The van der Waals surface area contributed by atoms with Crippen molar-refractivity contribution in [3.63, 3.8) is 0 Å². The van der Waals surface area contributed by atoms with Gasteiger partial charge in [0.15, 0.2) is 0 Å². The van der Waals surface area contributed by atoms with E-state index in [0.29, 0.717) is 17.9 Å². The fourth-order valence-electron chi connectivity index (χ4n) is 2.07. The summed E-state index contributed by atoms with van der Waals surface area (Å²) < 4.78 is 10.8. The number of carbonyl (C=O) groups is 1. The zero-order chi connectivity index (χ0) is 16.5. The summed E-state index contributed by atoms with van der Waals surface area (Å²) in [6, 6.07) is 9.22. The van der Waals surface area contributed by atoms with Gasteiger partial charge in [-0.05, 0) is 37.1 Å². The molecule has 1 aromatic carbocycles. The van der Waals surface area contributed by atoms with Gasteiger partial charge in [0.2, 0.25) is 0 Å². The van der Waals surface area contributed by atoms with E-state index in [1.54, 1.807) is 19.2 Å². The third-order valence-corrected chi connectivity index (χ3v) is 3.36. The van der Waals surface area contributed by atoms with E-state index in [2.05, 4.69) is 17.5 Å². The molecule has 0 radical (unpaired) electrons. The first-order valence-electron chi connectivity index (χ1n) is 7.81. The SMILES string of the molecule is CCCCCOc1cccc(/C=N/NC(=O)c2ccoc2C)c1. The largest absolute Gasteiger partial charge is 0.494 e. The average molecular weight is 314 g/mol. The van der Waals surface area contributed by atoms with E-state index in [4.69, 9.17) is 9.15 Å². The van der Waals surface area contributed by atoms with Crippen LogP contribution in [-0.2, 0) is 0 Å². The quantitative estimate of drug-likeness (QED) is 0.456. The Morgan fingerprint density at radius 1 is 1.35 bits per heavy atom. The van der Waals surface area contributed by atoms with Crippen molar-refractivity contribution >= 4 is 12.1 Å². The van der Waals surface area contributed by atoms with Gasteiger partial charge in [0, 0.05) is 0 Å². The van der Waals surface area contributed by atoms with Crippen LogP contribution in [0.1, 0.15) is 47.9 Å². The van der Waals surface area contributed by atoms with Crippen LogP contribution in [0.25, 0.3) is 0 Å². The molecular formula is C18H22N2O3. The first-order chi connectivity index (χ1) is 11.2. The van der Waals surface area contributed by atoms with Gasteiger partial charge < -0.3 is 9.15 Å². The number of carbonyl (C=O) groups excluding carboxylic acids is 1. The summed E-state index contributed by atoms with van der Waals surface area (Å²) >= 11 is 0. The van der Waals surface area contributed by atoms with Gasteiger partial charge in [-0.2, -0.15) is 5.10 Å². The van der Waals surface area contributed by atoms with Crippen LogP contribution in [0.4, 0.5) is 0 Å². The second kappa shape index (κ2) is 8.78. The number of furan rings is 1. The Bertz CT molecular complexity index is 662. The number of nitrogens with one attached hydrogen (secondary N) is 1. The second-order valence-corrected chi connectivity index (χ2v) is 5.22. The molecule has 0 atom stereocenters. The lowest BCUT2D eigenvalue weighted by Crippen LogP contribution is -2.17. The molecule has 0 bridgehead atoms. The lowest BCUT2D eigenvalue weighted by atomic mass is 10.2. The summed E-state index contributed by atoms with van der Waals surface area (Å²) in [6.07, 6.45) is 6.46. The Morgan fingerprint density at radius 2 is 2.22 bits per heavy atom. The number of hydrazone groups is 1. The van der Waals surface area contributed by atoms with E-state index >= 15 is 0 Å². The molecule has 0 saturated heterocycles. The Hall–Kier alpha value is -2.56. The molecule has 0 saturated carbocycles. The Kier molecular flexibility index (Phi) is 6.41.